The van der Waals surface area contributed by atoms with Crippen molar-refractivity contribution in [3.05, 3.63) is 44.6 Å². The number of carbonyl (C=O) groups excluding carboxylic acids is 1. The Morgan fingerprint density at radius 3 is 2.78 bits per heavy atom. The van der Waals surface area contributed by atoms with Gasteiger partial charge in [-0.05, 0) is 19.9 Å². The summed E-state index contributed by atoms with van der Waals surface area (Å²) in [6, 6.07) is 1.67. The number of pyridine rings is 1. The first-order chi connectivity index (χ1) is 8.56. The lowest BCUT2D eigenvalue weighted by molar-refractivity contribution is 0.0950. The molecular formula is C12H12ClN3OS. The van der Waals surface area contributed by atoms with Crippen LogP contribution in [-0.4, -0.2) is 15.9 Å². The molecule has 0 aromatic carbocycles. The van der Waals surface area contributed by atoms with Crippen molar-refractivity contribution in [1.82, 2.24) is 15.3 Å². The molecule has 1 amide bonds. The van der Waals surface area contributed by atoms with E-state index in [2.05, 4.69) is 15.3 Å². The molecule has 2 aromatic heterocycles. The fourth-order valence-electron chi connectivity index (χ4n) is 1.43. The Balaban J connectivity index is 2.03. The smallest absolute Gasteiger partial charge is 0.254 e. The minimum absolute atomic E-state index is 0.236. The van der Waals surface area contributed by atoms with Crippen LogP contribution in [0, 0.1) is 13.8 Å². The van der Waals surface area contributed by atoms with E-state index < -0.39 is 0 Å². The Morgan fingerprint density at radius 1 is 1.39 bits per heavy atom. The van der Waals surface area contributed by atoms with Crippen LogP contribution in [0.1, 0.15) is 25.9 Å². The Bertz CT molecular complexity index is 582. The first-order valence-corrected chi connectivity index (χ1v) is 6.57. The first-order valence-electron chi connectivity index (χ1n) is 5.38. The molecule has 0 saturated carbocycles. The van der Waals surface area contributed by atoms with E-state index in [0.717, 1.165) is 15.6 Å². The highest BCUT2D eigenvalue weighted by Crippen LogP contribution is 2.16. The number of hydrogen-bond donors (Lipinski definition) is 1. The van der Waals surface area contributed by atoms with Crippen molar-refractivity contribution in [2.75, 3.05) is 0 Å². The number of nitrogens with one attached hydrogen (secondary N) is 1. The second-order valence-corrected chi connectivity index (χ2v) is 5.58. The van der Waals surface area contributed by atoms with Crippen LogP contribution in [0.25, 0.3) is 0 Å². The normalized spacial score (nSPS) is 10.4. The van der Waals surface area contributed by atoms with Crippen LogP contribution in [0.4, 0.5) is 0 Å². The van der Waals surface area contributed by atoms with Crippen LogP contribution < -0.4 is 5.32 Å². The van der Waals surface area contributed by atoms with Gasteiger partial charge in [-0.2, -0.15) is 0 Å². The molecule has 0 saturated heterocycles. The number of hydrogen-bond acceptors (Lipinski definition) is 4. The summed E-state index contributed by atoms with van der Waals surface area (Å²) in [5.41, 5.74) is 1.17. The summed E-state index contributed by atoms with van der Waals surface area (Å²) in [7, 11) is 0. The zero-order valence-electron chi connectivity index (χ0n) is 10.0. The molecule has 2 heterocycles. The first kappa shape index (κ1) is 13.0. The van der Waals surface area contributed by atoms with E-state index in [1.165, 1.54) is 6.20 Å². The molecule has 6 heteroatoms. The van der Waals surface area contributed by atoms with Gasteiger partial charge in [-0.25, -0.2) is 4.98 Å². The van der Waals surface area contributed by atoms with E-state index in [4.69, 9.17) is 11.6 Å². The molecule has 94 valence electrons. The molecular weight excluding hydrogens is 270 g/mol. The van der Waals surface area contributed by atoms with E-state index >= 15 is 0 Å². The Morgan fingerprint density at radius 2 is 2.17 bits per heavy atom. The molecule has 0 bridgehead atoms. The van der Waals surface area contributed by atoms with E-state index in [9.17, 15) is 4.79 Å². The molecule has 0 aliphatic rings. The fraction of sp³-hybridized carbons (Fsp3) is 0.250. The largest absolute Gasteiger partial charge is 0.345 e. The minimum Gasteiger partial charge on any atom is -0.345 e. The number of nitrogens with zero attached hydrogens (tertiary/aromatic N) is 2. The molecule has 2 rings (SSSR count). The van der Waals surface area contributed by atoms with Gasteiger partial charge in [0.25, 0.3) is 5.91 Å². The van der Waals surface area contributed by atoms with Gasteiger partial charge >= 0.3 is 0 Å². The van der Waals surface area contributed by atoms with Gasteiger partial charge < -0.3 is 5.32 Å². The standard InChI is InChI=1S/C12H12ClN3OS/c1-7-3-10(13)9(5-14-7)12(17)16-6-11-15-4-8(2)18-11/h3-5H,6H2,1-2H3,(H,16,17). The highest BCUT2D eigenvalue weighted by molar-refractivity contribution is 7.11. The maximum absolute atomic E-state index is 11.9. The Kier molecular flexibility index (Phi) is 3.93. The van der Waals surface area contributed by atoms with Crippen LogP contribution in [0.15, 0.2) is 18.5 Å². The average molecular weight is 282 g/mol. The third-order valence-electron chi connectivity index (χ3n) is 2.30. The summed E-state index contributed by atoms with van der Waals surface area (Å²) in [6.45, 7) is 4.21. The monoisotopic (exact) mass is 281 g/mol. The van der Waals surface area contributed by atoms with Crippen molar-refractivity contribution >= 4 is 28.8 Å². The quantitative estimate of drug-likeness (QED) is 0.941. The van der Waals surface area contributed by atoms with E-state index in [0.29, 0.717) is 17.1 Å². The summed E-state index contributed by atoms with van der Waals surface area (Å²) in [4.78, 5) is 21.3. The van der Waals surface area contributed by atoms with Crippen molar-refractivity contribution < 1.29 is 4.79 Å². The maximum Gasteiger partial charge on any atom is 0.254 e. The summed E-state index contributed by atoms with van der Waals surface area (Å²) in [6.07, 6.45) is 3.27. The van der Waals surface area contributed by atoms with Crippen molar-refractivity contribution in [2.24, 2.45) is 0 Å². The van der Waals surface area contributed by atoms with Gasteiger partial charge in [0.2, 0.25) is 0 Å². The van der Waals surface area contributed by atoms with Gasteiger partial charge in [-0.15, -0.1) is 11.3 Å². The lowest BCUT2D eigenvalue weighted by Gasteiger charge is -2.05. The minimum atomic E-state index is -0.236. The maximum atomic E-state index is 11.9. The highest BCUT2D eigenvalue weighted by Gasteiger charge is 2.11. The molecule has 0 radical (unpaired) electrons. The molecule has 0 unspecified atom stereocenters. The number of rotatable bonds is 3. The third kappa shape index (κ3) is 3.05. The van der Waals surface area contributed by atoms with Crippen molar-refractivity contribution in [2.45, 2.75) is 20.4 Å². The molecule has 1 N–H and O–H groups in total. The predicted octanol–water partition coefficient (Wildman–Crippen LogP) is 2.74. The third-order valence-corrected chi connectivity index (χ3v) is 3.53. The van der Waals surface area contributed by atoms with E-state index in [1.54, 1.807) is 23.6 Å². The number of thiazole rings is 1. The van der Waals surface area contributed by atoms with Crippen LogP contribution in [0.5, 0.6) is 0 Å². The van der Waals surface area contributed by atoms with Gasteiger partial charge in [-0.1, -0.05) is 11.6 Å². The Hall–Kier alpha value is -1.46. The van der Waals surface area contributed by atoms with Crippen molar-refractivity contribution in [3.8, 4) is 0 Å². The highest BCUT2D eigenvalue weighted by atomic mass is 35.5. The molecule has 0 aliphatic heterocycles. The fourth-order valence-corrected chi connectivity index (χ4v) is 2.45. The van der Waals surface area contributed by atoms with Gasteiger partial charge in [0.1, 0.15) is 5.01 Å². The molecule has 0 atom stereocenters. The van der Waals surface area contributed by atoms with E-state index in [-0.39, 0.29) is 5.91 Å². The zero-order valence-corrected chi connectivity index (χ0v) is 11.6. The summed E-state index contributed by atoms with van der Waals surface area (Å²) < 4.78 is 0. The molecule has 18 heavy (non-hydrogen) atoms. The number of amides is 1. The van der Waals surface area contributed by atoms with Crippen LogP contribution in [-0.2, 0) is 6.54 Å². The second kappa shape index (κ2) is 5.46. The summed E-state index contributed by atoms with van der Waals surface area (Å²) in [5, 5.41) is 4.06. The van der Waals surface area contributed by atoms with Crippen LogP contribution in [0.3, 0.4) is 0 Å². The zero-order chi connectivity index (χ0) is 13.1. The molecule has 4 nitrogen and oxygen atoms in total. The number of carbonyl (C=O) groups is 1. The number of halogens is 1. The lowest BCUT2D eigenvalue weighted by Crippen LogP contribution is -2.23. The topological polar surface area (TPSA) is 54.9 Å². The van der Waals surface area contributed by atoms with Gasteiger partial charge in [0.05, 0.1) is 17.1 Å². The summed E-state index contributed by atoms with van der Waals surface area (Å²) >= 11 is 7.55. The molecule has 0 aliphatic carbocycles. The van der Waals surface area contributed by atoms with Crippen molar-refractivity contribution in [1.29, 1.82) is 0 Å². The number of aryl methyl sites for hydroxylation is 2. The van der Waals surface area contributed by atoms with Crippen molar-refractivity contribution in [3.63, 3.8) is 0 Å². The SMILES string of the molecule is Cc1cc(Cl)c(C(=O)NCc2ncc(C)s2)cn1. The van der Waals surface area contributed by atoms with Gasteiger partial charge in [-0.3, -0.25) is 9.78 Å². The molecule has 2 aromatic rings. The molecule has 0 fully saturated rings. The average Bonchev–Trinajstić information content (AvgIpc) is 2.72. The van der Waals surface area contributed by atoms with Gasteiger partial charge in [0.15, 0.2) is 0 Å². The van der Waals surface area contributed by atoms with Crippen LogP contribution >= 0.6 is 22.9 Å². The van der Waals surface area contributed by atoms with E-state index in [1.807, 2.05) is 13.8 Å². The molecule has 0 spiro atoms. The number of aromatic nitrogens is 2. The van der Waals surface area contributed by atoms with Gasteiger partial charge in [0, 0.05) is 23.0 Å². The lowest BCUT2D eigenvalue weighted by atomic mass is 10.2. The van der Waals surface area contributed by atoms with Crippen LogP contribution in [0.2, 0.25) is 5.02 Å². The Labute approximate surface area is 114 Å². The summed E-state index contributed by atoms with van der Waals surface area (Å²) in [5.74, 6) is -0.236. The predicted molar refractivity (Wildman–Crippen MR) is 72.0 cm³/mol. The second-order valence-electron chi connectivity index (χ2n) is 3.85.